The van der Waals surface area contributed by atoms with Gasteiger partial charge in [0.05, 0.1) is 26.2 Å². The predicted octanol–water partition coefficient (Wildman–Crippen LogP) is 6.20. The highest BCUT2D eigenvalue weighted by molar-refractivity contribution is 6.98. The molecular formula is C39H46ClF3N3O5Si+. The van der Waals surface area contributed by atoms with E-state index in [0.29, 0.717) is 22.0 Å². The Balaban J connectivity index is 1.47. The Labute approximate surface area is 325 Å². The Hall–Kier alpha value is -3.71. The number of halogens is 4. The van der Waals surface area contributed by atoms with Gasteiger partial charge in [0.2, 0.25) is 0 Å². The molecule has 4 aliphatic rings. The number of carboxylic acid groups (broad SMARTS) is 1. The third-order valence-electron chi connectivity index (χ3n) is 9.17. The number of allylic oxidation sites excluding steroid dienone is 5. The van der Waals surface area contributed by atoms with Crippen molar-refractivity contribution < 1.29 is 58.4 Å². The number of anilines is 1. The molecule has 0 saturated carbocycles. The number of carbonyl (C=O) groups is 2. The number of hydrogen-bond acceptors (Lipinski definition) is 5. The van der Waals surface area contributed by atoms with Crippen molar-refractivity contribution >= 4 is 53.7 Å². The first kappa shape index (κ1) is 25.3. The maximum atomic E-state index is 17.2. The minimum atomic E-state index is -3.46. The number of carboxylic acids is 1. The topological polar surface area (TPSA) is 91.1 Å². The second-order valence-corrected chi connectivity index (χ2v) is 17.5. The summed E-state index contributed by atoms with van der Waals surface area (Å²) in [5.74, 6) is -9.01. The second kappa shape index (κ2) is 16.5. The molecule has 3 aliphatic heterocycles. The molecule has 0 unspecified atom stereocenters. The fraction of sp³-hybridized carbons (Fsp3) is 0.462. The first-order chi connectivity index (χ1) is 29.6. The summed E-state index contributed by atoms with van der Waals surface area (Å²) < 4.78 is 161. The van der Waals surface area contributed by atoms with Crippen LogP contribution in [-0.2, 0) is 9.47 Å². The maximum absolute atomic E-state index is 17.2. The number of rotatable bonds is 16. The summed E-state index contributed by atoms with van der Waals surface area (Å²) in [7, 11) is -3.46. The molecule has 278 valence electrons. The number of carbonyl (C=O) groups excluding carboxylic acids is 1. The molecule has 52 heavy (non-hydrogen) atoms. The van der Waals surface area contributed by atoms with Crippen molar-refractivity contribution in [3.8, 4) is 0 Å². The van der Waals surface area contributed by atoms with Crippen molar-refractivity contribution in [3.05, 3.63) is 86.9 Å². The van der Waals surface area contributed by atoms with E-state index in [9.17, 15) is 14.7 Å². The van der Waals surface area contributed by atoms with Crippen LogP contribution in [0.15, 0.2) is 47.2 Å². The van der Waals surface area contributed by atoms with Gasteiger partial charge in [-0.2, -0.15) is 0 Å². The minimum Gasteiger partial charge on any atom is -0.478 e. The summed E-state index contributed by atoms with van der Waals surface area (Å²) in [4.78, 5) is 26.9. The molecule has 1 aliphatic carbocycles. The Morgan fingerprint density at radius 3 is 2.40 bits per heavy atom. The van der Waals surface area contributed by atoms with Gasteiger partial charge >= 0.3 is 5.97 Å². The van der Waals surface area contributed by atoms with E-state index >= 15 is 13.2 Å². The van der Waals surface area contributed by atoms with Gasteiger partial charge in [-0.1, -0.05) is 32.0 Å². The number of nitrogens with zero attached hydrogens (tertiary/aromatic N) is 2. The number of amides is 1. The molecule has 0 spiro atoms. The lowest BCUT2D eigenvalue weighted by Crippen LogP contribution is -2.50. The van der Waals surface area contributed by atoms with Crippen LogP contribution < -0.4 is 15.4 Å². The third-order valence-corrected chi connectivity index (χ3v) is 13.0. The van der Waals surface area contributed by atoms with Crippen molar-refractivity contribution in [2.45, 2.75) is 51.5 Å². The van der Waals surface area contributed by atoms with Crippen LogP contribution in [0.2, 0.25) is 13.1 Å². The number of nitrogens with one attached hydrogen (secondary N) is 1. The molecular weight excluding hydrogens is 711 g/mol. The van der Waals surface area contributed by atoms with Crippen LogP contribution in [0.1, 0.15) is 86.7 Å². The quantitative estimate of drug-likeness (QED) is 0.0696. The lowest BCUT2D eigenvalue weighted by molar-refractivity contribution is -0.582. The molecule has 6 rings (SSSR count). The Morgan fingerprint density at radius 1 is 0.962 bits per heavy atom. The molecule has 0 bridgehead atoms. The number of benzene rings is 2. The fourth-order valence-electron chi connectivity index (χ4n) is 6.45. The summed E-state index contributed by atoms with van der Waals surface area (Å²) in [6, 6.07) is 3.68. The molecule has 0 atom stereocenters. The second-order valence-electron chi connectivity index (χ2n) is 12.8. The van der Waals surface area contributed by atoms with Gasteiger partial charge in [-0.15, -0.1) is 11.6 Å². The van der Waals surface area contributed by atoms with Gasteiger partial charge < -0.3 is 24.8 Å². The van der Waals surface area contributed by atoms with Gasteiger partial charge in [-0.3, -0.25) is 4.79 Å². The number of unbranched alkanes of at least 4 members (excludes halogenated alkanes) is 3. The summed E-state index contributed by atoms with van der Waals surface area (Å²) in [5, 5.41) is 13.0. The van der Waals surface area contributed by atoms with Crippen LogP contribution in [0.5, 0.6) is 0 Å². The molecule has 2 aromatic carbocycles. The van der Waals surface area contributed by atoms with Crippen molar-refractivity contribution in [1.29, 1.82) is 0 Å². The summed E-state index contributed by atoms with van der Waals surface area (Å²) >= 11 is 5.67. The molecule has 2 N–H and O–H groups in total. The van der Waals surface area contributed by atoms with E-state index in [4.69, 9.17) is 37.5 Å². The average molecular weight is 769 g/mol. The van der Waals surface area contributed by atoms with Gasteiger partial charge in [0.15, 0.2) is 17.3 Å². The van der Waals surface area contributed by atoms with E-state index in [2.05, 4.69) is 5.32 Å². The van der Waals surface area contributed by atoms with Gasteiger partial charge in [-0.05, 0) is 64.5 Å². The SMILES string of the molecule is [2H]C1([2H])N(c2ccc3c(c2)[Si](C)(C)C2=CC(=[N+]4C([2H])([2H])C([2H])([2H])C4([2H])[2H])C=CC2=C3c2c(F)c(C(=O)NCCOCCOCCCCCCCl)c(F)c(F)c2C(=O)O)C([2H])([2H])C1([2H])[2H]. The van der Waals surface area contributed by atoms with E-state index in [-0.39, 0.29) is 59.3 Å². The Kier molecular flexibility index (Phi) is 8.05. The van der Waals surface area contributed by atoms with Crippen molar-refractivity contribution in [3.63, 3.8) is 0 Å². The van der Waals surface area contributed by atoms with Gasteiger partial charge in [0, 0.05) is 66.4 Å². The monoisotopic (exact) mass is 768 g/mol. The molecule has 2 aromatic rings. The molecule has 2 fully saturated rings. The third kappa shape index (κ3) is 7.53. The Bertz CT molecular complexity index is 2380. The molecule has 3 heterocycles. The summed E-state index contributed by atoms with van der Waals surface area (Å²) in [6.07, 6.45) is 1.33. The number of hydrogen-bond donors (Lipinski definition) is 2. The summed E-state index contributed by atoms with van der Waals surface area (Å²) in [5.41, 5.74) is -4.96. The van der Waals surface area contributed by atoms with E-state index in [0.717, 1.165) is 25.7 Å². The highest BCUT2D eigenvalue weighted by Gasteiger charge is 2.44. The maximum Gasteiger partial charge on any atom is 0.339 e. The smallest absolute Gasteiger partial charge is 0.339 e. The van der Waals surface area contributed by atoms with Crippen LogP contribution in [-0.4, -0.2) is 100 Å². The van der Waals surface area contributed by atoms with Crippen molar-refractivity contribution in [2.24, 2.45) is 0 Å². The summed E-state index contributed by atoms with van der Waals surface area (Å²) in [6.45, 7) is -7.88. The van der Waals surface area contributed by atoms with Gasteiger partial charge in [0.1, 0.15) is 43.5 Å². The van der Waals surface area contributed by atoms with E-state index in [1.165, 1.54) is 36.4 Å². The van der Waals surface area contributed by atoms with E-state index in [1.54, 1.807) is 13.1 Å². The largest absolute Gasteiger partial charge is 0.478 e. The highest BCUT2D eigenvalue weighted by atomic mass is 35.5. The van der Waals surface area contributed by atoms with Gasteiger partial charge in [0.25, 0.3) is 5.91 Å². The number of ether oxygens (including phenoxy) is 2. The highest BCUT2D eigenvalue weighted by Crippen LogP contribution is 2.45. The number of aromatic carboxylic acids is 1. The predicted molar refractivity (Wildman–Crippen MR) is 200 cm³/mol. The van der Waals surface area contributed by atoms with Crippen LogP contribution >= 0.6 is 11.6 Å². The molecule has 0 aromatic heterocycles. The van der Waals surface area contributed by atoms with Crippen LogP contribution in [0, 0.1) is 17.5 Å². The lowest BCUT2D eigenvalue weighted by atomic mass is 9.85. The molecule has 2 saturated heterocycles. The van der Waals surface area contributed by atoms with Crippen LogP contribution in [0.25, 0.3) is 5.57 Å². The van der Waals surface area contributed by atoms with Crippen molar-refractivity contribution in [2.75, 3.05) is 69.7 Å². The van der Waals surface area contributed by atoms with E-state index in [1.807, 2.05) is 0 Å². The van der Waals surface area contributed by atoms with E-state index < -0.39 is 98.4 Å². The number of fused-ring (bicyclic) bond motifs is 2. The molecule has 0 radical (unpaired) electrons. The minimum absolute atomic E-state index is 0.0269. The first-order valence-electron chi connectivity index (χ1n) is 22.8. The normalized spacial score (nSPS) is 26.6. The molecule has 13 heteroatoms. The number of alkyl halides is 1. The van der Waals surface area contributed by atoms with Crippen LogP contribution in [0.3, 0.4) is 0 Å². The average Bonchev–Trinajstić information content (AvgIpc) is 3.19. The zero-order valence-electron chi connectivity index (χ0n) is 40.5. The van der Waals surface area contributed by atoms with Gasteiger partial charge in [-0.25, -0.2) is 22.5 Å². The molecule has 8 nitrogen and oxygen atoms in total. The zero-order valence-corrected chi connectivity index (χ0v) is 30.3. The fourth-order valence-corrected chi connectivity index (χ4v) is 9.71. The van der Waals surface area contributed by atoms with Crippen molar-refractivity contribution in [1.82, 2.24) is 5.32 Å². The lowest BCUT2D eigenvalue weighted by Gasteiger charge is -2.40. The molecule has 1 amide bonds. The Morgan fingerprint density at radius 2 is 1.67 bits per heavy atom. The standard InChI is InChI=1S/C39H45ClF3N3O5Si/c1-52(2)29-23-25(45-15-7-16-45)9-11-27(29)31(28-12-10-26(24-30(28)52)46-17-8-18-46)32-33(39(48)49)36(42)37(43)34(35(32)41)38(47)44-14-20-51-22-21-50-19-6-4-3-5-13-40/h9-12,23-24H,3-8,13-22H2,1-2H3,(H-,44,47,48,49)/p+1/i7D2,8D2,15D2,16D2,17D2,18D2. The van der Waals surface area contributed by atoms with Crippen LogP contribution in [0.4, 0.5) is 18.9 Å². The zero-order chi connectivity index (χ0) is 47.7. The first-order valence-corrected chi connectivity index (χ1v) is 20.3.